The average molecular weight is 365 g/mol. The van der Waals surface area contributed by atoms with Crippen molar-refractivity contribution in [2.45, 2.75) is 6.92 Å². The van der Waals surface area contributed by atoms with Gasteiger partial charge in [-0.05, 0) is 5.69 Å². The van der Waals surface area contributed by atoms with Gasteiger partial charge in [-0.3, -0.25) is 0 Å². The molecule has 3 nitrogen and oxygen atoms in total. The second-order valence-electron chi connectivity index (χ2n) is 2.31. The number of hydrogen-bond donors (Lipinski definition) is 3. The van der Waals surface area contributed by atoms with E-state index in [0.29, 0.717) is 17.1 Å². The first-order valence-corrected chi connectivity index (χ1v) is 4.13. The fraction of sp³-hybridized carbons (Fsp3) is 0.143. The molecule has 12 heavy (non-hydrogen) atoms. The summed E-state index contributed by atoms with van der Waals surface area (Å²) in [7, 11) is 0. The molecule has 6 N–H and O–H groups in total. The fourth-order valence-electron chi connectivity index (χ4n) is 0.745. The van der Waals surface area contributed by atoms with Crippen LogP contribution in [0.5, 0.6) is 0 Å². The van der Waals surface area contributed by atoms with Crippen molar-refractivity contribution in [3.8, 4) is 0 Å². The van der Waals surface area contributed by atoms with Crippen molar-refractivity contribution in [1.29, 1.82) is 0 Å². The van der Waals surface area contributed by atoms with Crippen LogP contribution in [0, 0.1) is 16.6 Å². The summed E-state index contributed by atoms with van der Waals surface area (Å²) in [5.74, 6) is 0. The van der Waals surface area contributed by atoms with E-state index in [2.05, 4.69) is 28.7 Å². The van der Waals surface area contributed by atoms with E-state index in [1.54, 1.807) is 0 Å². The zero-order valence-electron chi connectivity index (χ0n) is 6.44. The number of halogens is 1. The van der Waals surface area contributed by atoms with E-state index in [1.165, 1.54) is 0 Å². The summed E-state index contributed by atoms with van der Waals surface area (Å²) in [5, 5.41) is 0. The third kappa shape index (κ3) is 2.01. The maximum atomic E-state index is 5.65. The van der Waals surface area contributed by atoms with E-state index in [1.807, 2.05) is 6.92 Å². The predicted molar refractivity (Wildman–Crippen MR) is 56.0 cm³/mol. The molecule has 0 amide bonds. The Balaban J connectivity index is 0.00000121. The molecule has 0 unspecified atom stereocenters. The summed E-state index contributed by atoms with van der Waals surface area (Å²) >= 11 is 2.05. The van der Waals surface area contributed by atoms with Gasteiger partial charge in [-0.2, -0.15) is 0 Å². The molecule has 0 saturated heterocycles. The van der Waals surface area contributed by atoms with Gasteiger partial charge in [0, 0.05) is 19.5 Å². The van der Waals surface area contributed by atoms with Crippen LogP contribution < -0.4 is 17.2 Å². The molecule has 0 aromatic heterocycles. The molecule has 0 heterocycles. The molecule has 0 spiro atoms. The molecule has 0 aliphatic rings. The summed E-state index contributed by atoms with van der Waals surface area (Å²) in [6, 6.07) is 2.91. The number of anilines is 3. The van der Waals surface area contributed by atoms with E-state index in [-0.39, 0.29) is 19.5 Å². The first-order valence-electron chi connectivity index (χ1n) is 3.06. The van der Waals surface area contributed by atoms with Crippen molar-refractivity contribution in [2.24, 2.45) is 0 Å². The molecule has 1 radical (unpaired) electrons. The van der Waals surface area contributed by atoms with Crippen molar-refractivity contribution in [1.82, 2.24) is 0 Å². The van der Waals surface area contributed by atoms with E-state index >= 15 is 0 Å². The molecular weight excluding hydrogens is 356 g/mol. The van der Waals surface area contributed by atoms with Crippen LogP contribution in [-0.4, -0.2) is 0 Å². The Bertz CT molecular complexity index is 275. The van der Waals surface area contributed by atoms with Gasteiger partial charge < -0.3 is 17.2 Å². The van der Waals surface area contributed by atoms with Gasteiger partial charge in [0.05, 0.1) is 0 Å². The van der Waals surface area contributed by atoms with Crippen LogP contribution in [0.2, 0.25) is 0 Å². The van der Waals surface area contributed by atoms with Crippen LogP contribution in [0.3, 0.4) is 0 Å². The maximum absolute atomic E-state index is 5.65. The predicted octanol–water partition coefficient (Wildman–Crippen LogP) is 1.14. The van der Waals surface area contributed by atoms with Gasteiger partial charge in [-0.25, -0.2) is 0 Å². The Morgan fingerprint density at radius 3 is 2.17 bits per heavy atom. The third-order valence-corrected chi connectivity index (χ3v) is 2.43. The number of nitrogens with two attached hydrogens (primary N) is 3. The molecule has 0 saturated carbocycles. The van der Waals surface area contributed by atoms with E-state index in [9.17, 15) is 0 Å². The van der Waals surface area contributed by atoms with Gasteiger partial charge in [-0.15, -0.1) is 11.6 Å². The average Bonchev–Trinajstić information content (AvgIpc) is 1.97. The van der Waals surface area contributed by atoms with Crippen LogP contribution in [0.15, 0.2) is 0 Å². The van der Waals surface area contributed by atoms with E-state index in [0.717, 1.165) is 9.13 Å². The van der Waals surface area contributed by atoms with Crippen molar-refractivity contribution in [3.63, 3.8) is 0 Å². The topological polar surface area (TPSA) is 78.1 Å². The third-order valence-electron chi connectivity index (χ3n) is 1.58. The first-order chi connectivity index (χ1) is 5.04. The normalized spacial score (nSPS) is 9.17. The Morgan fingerprint density at radius 2 is 1.67 bits per heavy atom. The Kier molecular flexibility index (Phi) is 4.27. The van der Waals surface area contributed by atoms with Crippen LogP contribution >= 0.6 is 22.6 Å². The summed E-state index contributed by atoms with van der Waals surface area (Å²) in [6.07, 6.45) is 0. The molecule has 1 aromatic carbocycles. The molecule has 1 rings (SSSR count). The largest absolute Gasteiger partial charge is 0.447 e. The SMILES string of the molecule is Cc1c(N)[c-]c(I)c(N)c1N.[Rh]. The fourth-order valence-corrected chi connectivity index (χ4v) is 1.33. The Hall–Kier alpha value is -0.0266. The van der Waals surface area contributed by atoms with Crippen molar-refractivity contribution < 1.29 is 19.5 Å². The van der Waals surface area contributed by atoms with Gasteiger partial charge in [0.25, 0.3) is 0 Å². The van der Waals surface area contributed by atoms with Crippen LogP contribution in [0.25, 0.3) is 0 Å². The minimum absolute atomic E-state index is 0. The molecule has 1 aromatic rings. The minimum atomic E-state index is 0. The maximum Gasteiger partial charge on any atom is 0 e. The van der Waals surface area contributed by atoms with Crippen molar-refractivity contribution in [2.75, 3.05) is 17.2 Å². The van der Waals surface area contributed by atoms with Gasteiger partial charge in [0.15, 0.2) is 0 Å². The Labute approximate surface area is 98.0 Å². The standard InChI is InChI=1S/C7H9IN3.Rh/c1-3-5(9)2-4(8)7(11)6(3)10;/h9-11H2,1H3;/q-1;. The van der Waals surface area contributed by atoms with Crippen LogP contribution in [0.1, 0.15) is 5.56 Å². The minimum Gasteiger partial charge on any atom is -0.447 e. The van der Waals surface area contributed by atoms with Gasteiger partial charge in [0.2, 0.25) is 0 Å². The first kappa shape index (κ1) is 12.0. The molecule has 0 bridgehead atoms. The summed E-state index contributed by atoms with van der Waals surface area (Å²) in [6.45, 7) is 1.83. The second kappa shape index (κ2) is 4.28. The number of hydrogen-bond acceptors (Lipinski definition) is 3. The molecule has 5 heteroatoms. The molecule has 0 fully saturated rings. The van der Waals surface area contributed by atoms with Gasteiger partial charge >= 0.3 is 0 Å². The number of nitrogen functional groups attached to an aromatic ring is 3. The number of benzene rings is 1. The zero-order chi connectivity index (χ0) is 8.59. The van der Waals surface area contributed by atoms with Crippen molar-refractivity contribution in [3.05, 3.63) is 15.2 Å². The quantitative estimate of drug-likeness (QED) is 0.279. The summed E-state index contributed by atoms with van der Waals surface area (Å²) in [5.41, 5.74) is 19.4. The molecular formula is C7H9IN3Rh-. The van der Waals surface area contributed by atoms with Gasteiger partial charge in [-0.1, -0.05) is 44.5 Å². The van der Waals surface area contributed by atoms with Crippen LogP contribution in [0.4, 0.5) is 17.1 Å². The molecule has 0 aliphatic carbocycles. The number of rotatable bonds is 0. The summed E-state index contributed by atoms with van der Waals surface area (Å²) in [4.78, 5) is 0. The van der Waals surface area contributed by atoms with Crippen molar-refractivity contribution >= 4 is 39.7 Å². The molecule has 0 aliphatic heterocycles. The summed E-state index contributed by atoms with van der Waals surface area (Å²) < 4.78 is 0.781. The van der Waals surface area contributed by atoms with E-state index < -0.39 is 0 Å². The molecule has 69 valence electrons. The molecule has 0 atom stereocenters. The monoisotopic (exact) mass is 365 g/mol. The van der Waals surface area contributed by atoms with E-state index in [4.69, 9.17) is 17.2 Å². The Morgan fingerprint density at radius 1 is 1.17 bits per heavy atom. The zero-order valence-corrected chi connectivity index (χ0v) is 10.2. The van der Waals surface area contributed by atoms with Gasteiger partial charge in [0.1, 0.15) is 0 Å². The smallest absolute Gasteiger partial charge is 0 e. The second-order valence-corrected chi connectivity index (χ2v) is 3.38. The van der Waals surface area contributed by atoms with Crippen LogP contribution in [-0.2, 0) is 19.5 Å².